The molecule has 3 rings (SSSR count). The summed E-state index contributed by atoms with van der Waals surface area (Å²) in [6.07, 6.45) is 2.82. The third-order valence-corrected chi connectivity index (χ3v) is 4.54. The summed E-state index contributed by atoms with van der Waals surface area (Å²) in [6, 6.07) is 12.4. The van der Waals surface area contributed by atoms with Gasteiger partial charge in [-0.15, -0.1) is 0 Å². The fourth-order valence-electron chi connectivity index (χ4n) is 2.81. The maximum Gasteiger partial charge on any atom is 0.335 e. The number of carboxylic acid groups (broad SMARTS) is 1. The molecule has 0 radical (unpaired) electrons. The van der Waals surface area contributed by atoms with Gasteiger partial charge in [-0.05, 0) is 48.4 Å². The number of rotatable bonds is 10. The van der Waals surface area contributed by atoms with Crippen LogP contribution in [0.25, 0.3) is 0 Å². The highest BCUT2D eigenvalue weighted by atomic mass is 35.5. The molecular formula is C22H19ClN4O6. The van der Waals surface area contributed by atoms with E-state index < -0.39 is 10.9 Å². The molecule has 0 saturated carbocycles. The second-order valence-electron chi connectivity index (χ2n) is 6.56. The van der Waals surface area contributed by atoms with Gasteiger partial charge in [-0.2, -0.15) is 5.10 Å². The number of halogens is 1. The maximum absolute atomic E-state index is 11.2. The second-order valence-corrected chi connectivity index (χ2v) is 6.96. The first-order chi connectivity index (χ1) is 15.9. The molecule has 2 aromatic carbocycles. The molecule has 2 N–H and O–H groups in total. The SMILES string of the molecule is CCOc1cc(/C=N\Nc2ncccc2[N+](=O)[O-])cc(Cl)c1OCc1cccc(C(=O)O)c1. The molecule has 1 aromatic heterocycles. The van der Waals surface area contributed by atoms with Crippen molar-refractivity contribution < 1.29 is 24.3 Å². The van der Waals surface area contributed by atoms with E-state index in [0.29, 0.717) is 29.2 Å². The van der Waals surface area contributed by atoms with E-state index in [1.54, 1.807) is 31.2 Å². The van der Waals surface area contributed by atoms with Gasteiger partial charge in [-0.3, -0.25) is 15.5 Å². The van der Waals surface area contributed by atoms with Crippen molar-refractivity contribution in [1.82, 2.24) is 4.98 Å². The minimum absolute atomic E-state index is 0.00146. The Kier molecular flexibility index (Phi) is 7.77. The van der Waals surface area contributed by atoms with Gasteiger partial charge >= 0.3 is 11.7 Å². The topological polar surface area (TPSA) is 136 Å². The van der Waals surface area contributed by atoms with Crippen molar-refractivity contribution in [3.63, 3.8) is 0 Å². The van der Waals surface area contributed by atoms with E-state index in [-0.39, 0.29) is 28.7 Å². The monoisotopic (exact) mass is 470 g/mol. The number of nitrogens with one attached hydrogen (secondary N) is 1. The zero-order valence-electron chi connectivity index (χ0n) is 17.4. The molecule has 0 spiro atoms. The average Bonchev–Trinajstić information content (AvgIpc) is 2.79. The molecular weight excluding hydrogens is 452 g/mol. The lowest BCUT2D eigenvalue weighted by atomic mass is 10.1. The molecule has 0 aliphatic heterocycles. The molecule has 0 atom stereocenters. The lowest BCUT2D eigenvalue weighted by Gasteiger charge is -2.14. The van der Waals surface area contributed by atoms with Crippen molar-refractivity contribution in [2.24, 2.45) is 5.10 Å². The minimum Gasteiger partial charge on any atom is -0.490 e. The Bertz CT molecular complexity index is 1200. The van der Waals surface area contributed by atoms with Gasteiger partial charge in [0.2, 0.25) is 5.82 Å². The van der Waals surface area contributed by atoms with Crippen LogP contribution in [0.2, 0.25) is 5.02 Å². The largest absolute Gasteiger partial charge is 0.490 e. The van der Waals surface area contributed by atoms with E-state index in [2.05, 4.69) is 15.5 Å². The number of carboxylic acids is 1. The van der Waals surface area contributed by atoms with E-state index >= 15 is 0 Å². The van der Waals surface area contributed by atoms with Crippen molar-refractivity contribution in [3.8, 4) is 11.5 Å². The zero-order chi connectivity index (χ0) is 23.8. The average molecular weight is 471 g/mol. The molecule has 0 fully saturated rings. The molecule has 0 aliphatic carbocycles. The molecule has 0 aliphatic rings. The van der Waals surface area contributed by atoms with Crippen molar-refractivity contribution in [1.29, 1.82) is 0 Å². The lowest BCUT2D eigenvalue weighted by Crippen LogP contribution is -2.03. The molecule has 10 nitrogen and oxygen atoms in total. The van der Waals surface area contributed by atoms with Gasteiger partial charge in [0.05, 0.1) is 28.3 Å². The molecule has 11 heteroatoms. The van der Waals surface area contributed by atoms with E-state index in [0.717, 1.165) is 0 Å². The van der Waals surface area contributed by atoms with Crippen LogP contribution in [0.4, 0.5) is 11.5 Å². The molecule has 0 bridgehead atoms. The first-order valence-corrected chi connectivity index (χ1v) is 10.1. The fourth-order valence-corrected chi connectivity index (χ4v) is 3.09. The lowest BCUT2D eigenvalue weighted by molar-refractivity contribution is -0.384. The smallest absolute Gasteiger partial charge is 0.335 e. The second kappa shape index (κ2) is 10.9. The Hall–Kier alpha value is -4.18. The maximum atomic E-state index is 11.2. The Labute approximate surface area is 193 Å². The number of carbonyl (C=O) groups is 1. The van der Waals surface area contributed by atoms with Crippen LogP contribution in [-0.2, 0) is 6.61 Å². The van der Waals surface area contributed by atoms with Crippen LogP contribution in [-0.4, -0.2) is 33.8 Å². The van der Waals surface area contributed by atoms with E-state index in [9.17, 15) is 14.9 Å². The Morgan fingerprint density at radius 3 is 2.82 bits per heavy atom. The van der Waals surface area contributed by atoms with Crippen LogP contribution < -0.4 is 14.9 Å². The Balaban J connectivity index is 1.78. The van der Waals surface area contributed by atoms with Gasteiger partial charge in [0.1, 0.15) is 6.61 Å². The number of anilines is 1. The van der Waals surface area contributed by atoms with Crippen LogP contribution in [0.3, 0.4) is 0 Å². The standard InChI is InChI=1S/C22H19ClN4O6/c1-2-32-19-11-15(12-25-26-21-18(27(30)31)7-4-8-24-21)10-17(23)20(19)33-13-14-5-3-6-16(9-14)22(28)29/h3-12H,2,13H2,1H3,(H,24,26)(H,28,29)/b25-12-. The van der Waals surface area contributed by atoms with Gasteiger partial charge < -0.3 is 14.6 Å². The molecule has 0 unspecified atom stereocenters. The van der Waals surface area contributed by atoms with Crippen molar-refractivity contribution in [2.45, 2.75) is 13.5 Å². The summed E-state index contributed by atoms with van der Waals surface area (Å²) in [4.78, 5) is 25.6. The summed E-state index contributed by atoms with van der Waals surface area (Å²) in [5, 5.41) is 24.4. The molecule has 0 amide bonds. The van der Waals surface area contributed by atoms with Crippen molar-refractivity contribution >= 4 is 35.3 Å². The van der Waals surface area contributed by atoms with Crippen LogP contribution in [0.1, 0.15) is 28.4 Å². The van der Waals surface area contributed by atoms with Crippen LogP contribution >= 0.6 is 11.6 Å². The number of benzene rings is 2. The van der Waals surface area contributed by atoms with Crippen LogP contribution in [0, 0.1) is 10.1 Å². The van der Waals surface area contributed by atoms with Gasteiger partial charge in [0.15, 0.2) is 11.5 Å². The van der Waals surface area contributed by atoms with Crippen LogP contribution in [0.5, 0.6) is 11.5 Å². The zero-order valence-corrected chi connectivity index (χ0v) is 18.2. The molecule has 3 aromatic rings. The molecule has 170 valence electrons. The highest BCUT2D eigenvalue weighted by Crippen LogP contribution is 2.37. The predicted octanol–water partition coefficient (Wildman–Crippen LogP) is 4.77. The number of ether oxygens (including phenoxy) is 2. The number of nitrogens with zero attached hydrogens (tertiary/aromatic N) is 3. The highest BCUT2D eigenvalue weighted by Gasteiger charge is 2.15. The number of hydrogen-bond donors (Lipinski definition) is 2. The third-order valence-electron chi connectivity index (χ3n) is 4.26. The third kappa shape index (κ3) is 6.17. The summed E-state index contributed by atoms with van der Waals surface area (Å²) in [6.45, 7) is 2.23. The van der Waals surface area contributed by atoms with E-state index in [1.807, 2.05) is 0 Å². The van der Waals surface area contributed by atoms with Crippen LogP contribution in [0.15, 0.2) is 59.8 Å². The number of hydrazone groups is 1. The van der Waals surface area contributed by atoms with Crippen molar-refractivity contribution in [2.75, 3.05) is 12.0 Å². The van der Waals surface area contributed by atoms with Gasteiger partial charge in [0, 0.05) is 12.3 Å². The highest BCUT2D eigenvalue weighted by molar-refractivity contribution is 6.32. The van der Waals surface area contributed by atoms with Gasteiger partial charge in [-0.25, -0.2) is 9.78 Å². The number of nitro groups is 1. The first-order valence-electron chi connectivity index (χ1n) is 9.69. The summed E-state index contributed by atoms with van der Waals surface area (Å²) in [5.74, 6) is -0.369. The van der Waals surface area contributed by atoms with E-state index in [1.165, 1.54) is 36.7 Å². The van der Waals surface area contributed by atoms with E-state index in [4.69, 9.17) is 26.2 Å². The number of aromatic nitrogens is 1. The summed E-state index contributed by atoms with van der Waals surface area (Å²) < 4.78 is 11.5. The summed E-state index contributed by atoms with van der Waals surface area (Å²) in [5.41, 5.74) is 3.69. The first kappa shape index (κ1) is 23.5. The molecule has 0 saturated heterocycles. The summed E-state index contributed by atoms with van der Waals surface area (Å²) in [7, 11) is 0. The number of hydrogen-bond acceptors (Lipinski definition) is 8. The Morgan fingerprint density at radius 1 is 1.27 bits per heavy atom. The Morgan fingerprint density at radius 2 is 2.09 bits per heavy atom. The fraction of sp³-hybridized carbons (Fsp3) is 0.136. The van der Waals surface area contributed by atoms with Crippen molar-refractivity contribution in [3.05, 3.63) is 86.6 Å². The molecule has 1 heterocycles. The number of pyridine rings is 1. The minimum atomic E-state index is -1.03. The predicted molar refractivity (Wildman–Crippen MR) is 122 cm³/mol. The number of aromatic carboxylic acids is 1. The quantitative estimate of drug-likeness (QED) is 0.246. The summed E-state index contributed by atoms with van der Waals surface area (Å²) >= 11 is 6.40. The van der Waals surface area contributed by atoms with Gasteiger partial charge in [-0.1, -0.05) is 23.7 Å². The molecule has 33 heavy (non-hydrogen) atoms. The normalized spacial score (nSPS) is 10.7. The van der Waals surface area contributed by atoms with Gasteiger partial charge in [0.25, 0.3) is 0 Å².